The number of methoxy groups -OCH3 is 1. The van der Waals surface area contributed by atoms with Crippen molar-refractivity contribution in [2.45, 2.75) is 17.8 Å². The van der Waals surface area contributed by atoms with Crippen molar-refractivity contribution < 1.29 is 4.74 Å². The van der Waals surface area contributed by atoms with Gasteiger partial charge >= 0.3 is 0 Å². The van der Waals surface area contributed by atoms with Crippen LogP contribution in [0.2, 0.25) is 0 Å². The van der Waals surface area contributed by atoms with Crippen LogP contribution in [0.25, 0.3) is 16.3 Å². The van der Waals surface area contributed by atoms with Crippen LogP contribution >= 0.6 is 23.1 Å². The predicted molar refractivity (Wildman–Crippen MR) is 107 cm³/mol. The van der Waals surface area contributed by atoms with Crippen LogP contribution in [-0.4, -0.2) is 31.3 Å². The van der Waals surface area contributed by atoms with Gasteiger partial charge in [-0.1, -0.05) is 23.9 Å². The fraction of sp³-hybridized carbons (Fsp3) is 0.222. The van der Waals surface area contributed by atoms with Gasteiger partial charge in [-0.05, 0) is 19.1 Å². The summed E-state index contributed by atoms with van der Waals surface area (Å²) in [7, 11) is 3.55. The first-order valence-corrected chi connectivity index (χ1v) is 10.1. The zero-order chi connectivity index (χ0) is 19.0. The molecule has 0 fully saturated rings. The quantitative estimate of drug-likeness (QED) is 0.480. The molecule has 4 aromatic rings. The molecule has 0 aliphatic carbocycles. The van der Waals surface area contributed by atoms with Gasteiger partial charge in [0.15, 0.2) is 15.9 Å². The second-order valence-corrected chi connectivity index (χ2v) is 7.71. The lowest BCUT2D eigenvalue weighted by Crippen LogP contribution is -2.14. The predicted octanol–water partition coefficient (Wildman–Crippen LogP) is 3.16. The van der Waals surface area contributed by atoms with Gasteiger partial charge in [0.2, 0.25) is 0 Å². The van der Waals surface area contributed by atoms with E-state index in [-0.39, 0.29) is 5.56 Å². The van der Waals surface area contributed by atoms with Gasteiger partial charge in [-0.3, -0.25) is 9.20 Å². The molecule has 4 rings (SSSR count). The van der Waals surface area contributed by atoms with E-state index < -0.39 is 0 Å². The number of thiazole rings is 1. The fourth-order valence-corrected chi connectivity index (χ4v) is 4.51. The van der Waals surface area contributed by atoms with Crippen LogP contribution in [0.5, 0.6) is 5.75 Å². The van der Waals surface area contributed by atoms with Crippen molar-refractivity contribution in [3.8, 4) is 17.1 Å². The van der Waals surface area contributed by atoms with E-state index in [2.05, 4.69) is 15.2 Å². The topological polar surface area (TPSA) is 74.3 Å². The standard InChI is InChI=1S/C18H17N5O2S2/c1-11-9-26-17-19-12(8-15(24)23(11)17)10-27-18-21-20-16(22(18)2)13-6-4-5-7-14(13)25-3/h4-9H,10H2,1-3H3. The van der Waals surface area contributed by atoms with Crippen molar-refractivity contribution in [1.82, 2.24) is 24.1 Å². The number of thioether (sulfide) groups is 1. The molecule has 0 radical (unpaired) electrons. The van der Waals surface area contributed by atoms with E-state index in [0.29, 0.717) is 10.7 Å². The maximum atomic E-state index is 12.3. The third-order valence-electron chi connectivity index (χ3n) is 4.16. The molecule has 0 amide bonds. The van der Waals surface area contributed by atoms with Crippen molar-refractivity contribution >= 4 is 28.1 Å². The summed E-state index contributed by atoms with van der Waals surface area (Å²) >= 11 is 2.96. The first-order valence-electron chi connectivity index (χ1n) is 8.21. The second kappa shape index (κ2) is 7.16. The Balaban J connectivity index is 1.60. The Labute approximate surface area is 163 Å². The summed E-state index contributed by atoms with van der Waals surface area (Å²) in [6.45, 7) is 1.90. The summed E-state index contributed by atoms with van der Waals surface area (Å²) < 4.78 is 8.96. The van der Waals surface area contributed by atoms with Gasteiger partial charge in [0.25, 0.3) is 5.56 Å². The van der Waals surface area contributed by atoms with Crippen molar-refractivity contribution in [1.29, 1.82) is 0 Å². The van der Waals surface area contributed by atoms with Gasteiger partial charge in [0.05, 0.1) is 18.4 Å². The minimum absolute atomic E-state index is 0.0537. The lowest BCUT2D eigenvalue weighted by Gasteiger charge is -2.08. The molecular weight excluding hydrogens is 382 g/mol. The minimum atomic E-state index is -0.0537. The molecule has 0 atom stereocenters. The number of fused-ring (bicyclic) bond motifs is 1. The zero-order valence-corrected chi connectivity index (χ0v) is 16.7. The van der Waals surface area contributed by atoms with Crippen molar-refractivity contribution in [2.75, 3.05) is 7.11 Å². The Kier molecular flexibility index (Phi) is 4.71. The molecular formula is C18H17N5O2S2. The molecule has 138 valence electrons. The van der Waals surface area contributed by atoms with E-state index in [1.54, 1.807) is 17.6 Å². The van der Waals surface area contributed by atoms with Crippen LogP contribution in [0.3, 0.4) is 0 Å². The highest BCUT2D eigenvalue weighted by molar-refractivity contribution is 7.98. The molecule has 0 saturated heterocycles. The third kappa shape index (κ3) is 3.24. The molecule has 0 N–H and O–H groups in total. The summed E-state index contributed by atoms with van der Waals surface area (Å²) in [6, 6.07) is 9.28. The molecule has 0 aliphatic rings. The summed E-state index contributed by atoms with van der Waals surface area (Å²) in [4.78, 5) is 17.6. The number of aromatic nitrogens is 5. The Morgan fingerprint density at radius 2 is 2.07 bits per heavy atom. The lowest BCUT2D eigenvalue weighted by molar-refractivity contribution is 0.416. The van der Waals surface area contributed by atoms with E-state index in [1.165, 1.54) is 23.1 Å². The number of ether oxygens (including phenoxy) is 1. The van der Waals surface area contributed by atoms with Gasteiger partial charge in [-0.25, -0.2) is 4.98 Å². The number of benzene rings is 1. The van der Waals surface area contributed by atoms with Crippen LogP contribution in [0, 0.1) is 6.92 Å². The normalized spacial score (nSPS) is 11.2. The van der Waals surface area contributed by atoms with Crippen molar-refractivity contribution in [2.24, 2.45) is 7.05 Å². The summed E-state index contributed by atoms with van der Waals surface area (Å²) in [5.74, 6) is 2.02. The van der Waals surface area contributed by atoms with Gasteiger partial charge in [-0.2, -0.15) is 0 Å². The third-order valence-corrected chi connectivity index (χ3v) is 6.16. The molecule has 0 bridgehead atoms. The smallest absolute Gasteiger partial charge is 0.258 e. The number of hydrogen-bond acceptors (Lipinski definition) is 7. The van der Waals surface area contributed by atoms with Gasteiger partial charge in [0, 0.05) is 29.9 Å². The highest BCUT2D eigenvalue weighted by atomic mass is 32.2. The number of rotatable bonds is 5. The van der Waals surface area contributed by atoms with Crippen LogP contribution < -0.4 is 10.3 Å². The van der Waals surface area contributed by atoms with Crippen LogP contribution in [-0.2, 0) is 12.8 Å². The largest absolute Gasteiger partial charge is 0.496 e. The molecule has 0 saturated carbocycles. The SMILES string of the molecule is COc1ccccc1-c1nnc(SCc2cc(=O)n3c(C)csc3n2)n1C. The first kappa shape index (κ1) is 17.7. The second-order valence-electron chi connectivity index (χ2n) is 5.93. The Bertz CT molecular complexity index is 1180. The monoisotopic (exact) mass is 399 g/mol. The van der Waals surface area contributed by atoms with E-state index in [4.69, 9.17) is 4.74 Å². The van der Waals surface area contributed by atoms with Crippen LogP contribution in [0.4, 0.5) is 0 Å². The van der Waals surface area contributed by atoms with E-state index in [1.807, 2.05) is 48.2 Å². The van der Waals surface area contributed by atoms with Crippen molar-refractivity contribution in [3.05, 3.63) is 57.5 Å². The molecule has 1 aromatic carbocycles. The van der Waals surface area contributed by atoms with Gasteiger partial charge in [-0.15, -0.1) is 21.5 Å². The van der Waals surface area contributed by atoms with E-state index in [9.17, 15) is 4.79 Å². The Morgan fingerprint density at radius 1 is 1.26 bits per heavy atom. The summed E-state index contributed by atoms with van der Waals surface area (Å²) in [6.07, 6.45) is 0. The van der Waals surface area contributed by atoms with Crippen LogP contribution in [0.15, 0.2) is 45.7 Å². The van der Waals surface area contributed by atoms with Crippen molar-refractivity contribution in [3.63, 3.8) is 0 Å². The lowest BCUT2D eigenvalue weighted by atomic mass is 10.2. The van der Waals surface area contributed by atoms with Gasteiger partial charge < -0.3 is 9.30 Å². The molecule has 27 heavy (non-hydrogen) atoms. The number of aryl methyl sites for hydroxylation is 1. The summed E-state index contributed by atoms with van der Waals surface area (Å²) in [5, 5.41) is 11.3. The molecule has 3 heterocycles. The van der Waals surface area contributed by atoms with E-state index in [0.717, 1.165) is 33.7 Å². The number of hydrogen-bond donors (Lipinski definition) is 0. The first-order chi connectivity index (χ1) is 13.1. The average Bonchev–Trinajstić information content (AvgIpc) is 3.23. The molecule has 9 heteroatoms. The van der Waals surface area contributed by atoms with Crippen LogP contribution in [0.1, 0.15) is 11.4 Å². The highest BCUT2D eigenvalue weighted by Crippen LogP contribution is 2.30. The maximum absolute atomic E-state index is 12.3. The number of para-hydroxylation sites is 1. The molecule has 0 aliphatic heterocycles. The summed E-state index contributed by atoms with van der Waals surface area (Å²) in [5.41, 5.74) is 2.46. The maximum Gasteiger partial charge on any atom is 0.258 e. The number of nitrogens with zero attached hydrogens (tertiary/aromatic N) is 5. The average molecular weight is 400 g/mol. The molecule has 3 aromatic heterocycles. The Hall–Kier alpha value is -2.65. The van der Waals surface area contributed by atoms with Gasteiger partial charge in [0.1, 0.15) is 5.75 Å². The highest BCUT2D eigenvalue weighted by Gasteiger charge is 2.15. The Morgan fingerprint density at radius 3 is 2.89 bits per heavy atom. The molecule has 7 nitrogen and oxygen atoms in total. The zero-order valence-electron chi connectivity index (χ0n) is 15.0. The fourth-order valence-electron chi connectivity index (χ4n) is 2.82. The minimum Gasteiger partial charge on any atom is -0.496 e. The molecule has 0 unspecified atom stereocenters. The van der Waals surface area contributed by atoms with E-state index >= 15 is 0 Å². The molecule has 0 spiro atoms.